The predicted octanol–water partition coefficient (Wildman–Crippen LogP) is 6.21. The van der Waals surface area contributed by atoms with Crippen LogP contribution < -0.4 is 15.8 Å². The molecule has 2 aromatic carbocycles. The fraction of sp³-hybridized carbons (Fsp3) is 0.323. The van der Waals surface area contributed by atoms with E-state index in [2.05, 4.69) is 29.3 Å². The van der Waals surface area contributed by atoms with Gasteiger partial charge in [-0.3, -0.25) is 9.20 Å². The monoisotopic (exact) mass is 510 g/mol. The van der Waals surface area contributed by atoms with E-state index in [4.69, 9.17) is 9.72 Å². The Balaban J connectivity index is 1.53. The lowest BCUT2D eigenvalue weighted by Gasteiger charge is -2.25. The molecule has 2 atom stereocenters. The Morgan fingerprint density at radius 2 is 1.82 bits per heavy atom. The van der Waals surface area contributed by atoms with E-state index < -0.39 is 5.60 Å². The second-order valence-electron chi connectivity index (χ2n) is 11.0. The van der Waals surface area contributed by atoms with E-state index >= 15 is 0 Å². The molecule has 0 spiro atoms. The number of esters is 1. The largest absolute Gasteiger partial charge is 0.456 e. The molecule has 0 amide bonds. The van der Waals surface area contributed by atoms with Crippen molar-refractivity contribution >= 4 is 23.1 Å². The highest BCUT2D eigenvalue weighted by Crippen LogP contribution is 2.36. The van der Waals surface area contributed by atoms with E-state index in [1.807, 2.05) is 77.2 Å². The summed E-state index contributed by atoms with van der Waals surface area (Å²) in [5.41, 5.74) is 5.31. The van der Waals surface area contributed by atoms with Crippen LogP contribution in [0, 0.1) is 6.92 Å². The van der Waals surface area contributed by atoms with Crippen LogP contribution in [0.5, 0.6) is 0 Å². The number of carbonyl (C=O) groups excluding carboxylic acids is 1. The first kappa shape index (κ1) is 25.5. The van der Waals surface area contributed by atoms with Crippen molar-refractivity contribution in [3.05, 3.63) is 105 Å². The molecule has 5 rings (SSSR count). The molecule has 7 heteroatoms. The van der Waals surface area contributed by atoms with Gasteiger partial charge in [0.2, 0.25) is 0 Å². The minimum Gasteiger partial charge on any atom is -0.456 e. The van der Waals surface area contributed by atoms with Crippen molar-refractivity contribution in [2.75, 3.05) is 10.2 Å². The van der Waals surface area contributed by atoms with E-state index in [0.717, 1.165) is 11.1 Å². The van der Waals surface area contributed by atoms with Gasteiger partial charge in [0.05, 0.1) is 17.6 Å². The smallest absolute Gasteiger partial charge is 0.340 e. The van der Waals surface area contributed by atoms with Gasteiger partial charge in [-0.05, 0) is 76.4 Å². The number of para-hydroxylation sites is 1. The number of aromatic nitrogens is 2. The average Bonchev–Trinajstić information content (AvgIpc) is 3.19. The van der Waals surface area contributed by atoms with Crippen LogP contribution >= 0.6 is 0 Å². The molecular formula is C31H34N4O3. The summed E-state index contributed by atoms with van der Waals surface area (Å²) in [6.45, 7) is 12.4. The third-order valence-electron chi connectivity index (χ3n) is 6.90. The summed E-state index contributed by atoms with van der Waals surface area (Å²) in [4.78, 5) is 33.4. The van der Waals surface area contributed by atoms with Crippen LogP contribution in [0.3, 0.4) is 0 Å². The molecule has 3 heterocycles. The molecule has 0 saturated carbocycles. The minimum absolute atomic E-state index is 0.116. The van der Waals surface area contributed by atoms with Crippen molar-refractivity contribution in [1.29, 1.82) is 0 Å². The van der Waals surface area contributed by atoms with Gasteiger partial charge in [-0.2, -0.15) is 0 Å². The Morgan fingerprint density at radius 3 is 2.55 bits per heavy atom. The quantitative estimate of drug-likeness (QED) is 0.322. The lowest BCUT2D eigenvalue weighted by Crippen LogP contribution is -2.26. The number of fused-ring (bicyclic) bond motifs is 2. The van der Waals surface area contributed by atoms with Crippen LogP contribution in [0.15, 0.2) is 71.7 Å². The molecule has 0 bridgehead atoms. The highest BCUT2D eigenvalue weighted by molar-refractivity contribution is 5.96. The normalized spacial score (nSPS) is 15.8. The Kier molecular flexibility index (Phi) is 6.47. The van der Waals surface area contributed by atoms with E-state index in [0.29, 0.717) is 29.3 Å². The van der Waals surface area contributed by atoms with Crippen molar-refractivity contribution in [3.8, 4) is 0 Å². The van der Waals surface area contributed by atoms with Crippen molar-refractivity contribution in [3.63, 3.8) is 0 Å². The highest BCUT2D eigenvalue weighted by atomic mass is 16.6. The third-order valence-corrected chi connectivity index (χ3v) is 6.90. The molecule has 1 aliphatic heterocycles. The number of hydrogen-bond donors (Lipinski definition) is 1. The molecule has 0 fully saturated rings. The van der Waals surface area contributed by atoms with Gasteiger partial charge in [0, 0.05) is 30.1 Å². The number of aryl methyl sites for hydroxylation is 1. The number of ether oxygens (including phenoxy) is 1. The summed E-state index contributed by atoms with van der Waals surface area (Å²) in [5.74, 6) is 0.270. The highest BCUT2D eigenvalue weighted by Gasteiger charge is 2.28. The molecule has 196 valence electrons. The van der Waals surface area contributed by atoms with Crippen LogP contribution in [0.25, 0.3) is 5.65 Å². The Morgan fingerprint density at radius 1 is 1.11 bits per heavy atom. The second kappa shape index (κ2) is 9.63. The van der Waals surface area contributed by atoms with Crippen molar-refractivity contribution < 1.29 is 9.53 Å². The number of nitrogens with one attached hydrogen (secondary N) is 1. The molecule has 1 N–H and O–H groups in total. The maximum absolute atomic E-state index is 13.3. The van der Waals surface area contributed by atoms with Crippen LogP contribution in [0.2, 0.25) is 0 Å². The Labute approximate surface area is 223 Å². The van der Waals surface area contributed by atoms with Gasteiger partial charge in [0.15, 0.2) is 0 Å². The van der Waals surface area contributed by atoms with Crippen LogP contribution in [0.4, 0.5) is 11.5 Å². The Hall–Kier alpha value is -4.13. The van der Waals surface area contributed by atoms with Gasteiger partial charge in [-0.1, -0.05) is 36.4 Å². The topological polar surface area (TPSA) is 75.9 Å². The van der Waals surface area contributed by atoms with Crippen LogP contribution in [-0.2, 0) is 11.3 Å². The number of pyridine rings is 1. The zero-order valence-corrected chi connectivity index (χ0v) is 22.8. The lowest BCUT2D eigenvalue weighted by atomic mass is 10.1. The number of benzene rings is 2. The maximum Gasteiger partial charge on any atom is 0.340 e. The standard InChI is InChI=1S/C31H34N4O3/c1-19-15-25(20(2)32-26-14-10-9-13-24(26)30(37)38-31(4,5)6)29-33-27(16-28(36)35(29)17-19)34-18-22-11-7-8-12-23(22)21(34)3/h7-17,20-21,32H,18H2,1-6H3/t20-,21+/m0/s1. The first-order valence-corrected chi connectivity index (χ1v) is 13.0. The predicted molar refractivity (Wildman–Crippen MR) is 151 cm³/mol. The second-order valence-corrected chi connectivity index (χ2v) is 11.0. The van der Waals surface area contributed by atoms with Gasteiger partial charge >= 0.3 is 5.97 Å². The maximum atomic E-state index is 13.3. The number of rotatable bonds is 5. The number of hydrogen-bond acceptors (Lipinski definition) is 6. The summed E-state index contributed by atoms with van der Waals surface area (Å²) in [5, 5.41) is 3.47. The van der Waals surface area contributed by atoms with Crippen molar-refractivity contribution in [2.24, 2.45) is 0 Å². The molecule has 1 aliphatic rings. The van der Waals surface area contributed by atoms with Gasteiger partial charge in [0.25, 0.3) is 5.56 Å². The number of nitrogens with zero attached hydrogens (tertiary/aromatic N) is 3. The zero-order valence-electron chi connectivity index (χ0n) is 22.8. The van der Waals surface area contributed by atoms with E-state index in [-0.39, 0.29) is 23.6 Å². The molecule has 0 radical (unpaired) electrons. The van der Waals surface area contributed by atoms with Crippen LogP contribution in [0.1, 0.15) is 79.3 Å². The fourth-order valence-electron chi connectivity index (χ4n) is 5.11. The van der Waals surface area contributed by atoms with Crippen LogP contribution in [-0.4, -0.2) is 21.0 Å². The Bertz CT molecular complexity index is 1580. The van der Waals surface area contributed by atoms with E-state index in [9.17, 15) is 9.59 Å². The first-order chi connectivity index (χ1) is 18.0. The molecule has 0 saturated heterocycles. The summed E-state index contributed by atoms with van der Waals surface area (Å²) in [6, 6.07) is 19.2. The molecule has 38 heavy (non-hydrogen) atoms. The van der Waals surface area contributed by atoms with Gasteiger partial charge in [-0.25, -0.2) is 9.78 Å². The molecule has 7 nitrogen and oxygen atoms in total. The summed E-state index contributed by atoms with van der Waals surface area (Å²) in [7, 11) is 0. The molecule has 2 aromatic heterocycles. The average molecular weight is 511 g/mol. The summed E-state index contributed by atoms with van der Waals surface area (Å²) in [6.07, 6.45) is 1.82. The molecule has 0 unspecified atom stereocenters. The molecular weight excluding hydrogens is 476 g/mol. The number of carbonyl (C=O) groups is 1. The first-order valence-electron chi connectivity index (χ1n) is 13.0. The van der Waals surface area contributed by atoms with Gasteiger partial charge < -0.3 is 15.0 Å². The zero-order chi connectivity index (χ0) is 27.2. The minimum atomic E-state index is -0.601. The molecule has 4 aromatic rings. The third kappa shape index (κ3) is 4.88. The fourth-order valence-corrected chi connectivity index (χ4v) is 5.11. The molecule has 0 aliphatic carbocycles. The lowest BCUT2D eigenvalue weighted by molar-refractivity contribution is 0.00706. The van der Waals surface area contributed by atoms with Gasteiger partial charge in [0.1, 0.15) is 17.1 Å². The van der Waals surface area contributed by atoms with E-state index in [1.165, 1.54) is 11.1 Å². The SMILES string of the molecule is Cc1cc([C@H](C)Nc2ccccc2C(=O)OC(C)(C)C)c2nc(N3Cc4ccccc4[C@H]3C)cc(=O)n2c1. The van der Waals surface area contributed by atoms with Gasteiger partial charge in [-0.15, -0.1) is 0 Å². The van der Waals surface area contributed by atoms with Crippen molar-refractivity contribution in [1.82, 2.24) is 9.38 Å². The van der Waals surface area contributed by atoms with Crippen molar-refractivity contribution in [2.45, 2.75) is 65.8 Å². The van der Waals surface area contributed by atoms with E-state index in [1.54, 1.807) is 16.5 Å². The summed E-state index contributed by atoms with van der Waals surface area (Å²) >= 11 is 0. The number of anilines is 2. The summed E-state index contributed by atoms with van der Waals surface area (Å²) < 4.78 is 7.24.